The van der Waals surface area contributed by atoms with Crippen LogP contribution in [-0.4, -0.2) is 21.9 Å². The molecule has 0 saturated heterocycles. The van der Waals surface area contributed by atoms with Crippen molar-refractivity contribution in [2.24, 2.45) is 7.05 Å². The summed E-state index contributed by atoms with van der Waals surface area (Å²) < 4.78 is 37.8. The lowest BCUT2D eigenvalue weighted by molar-refractivity contribution is -0.143. The van der Waals surface area contributed by atoms with Crippen LogP contribution in [0.25, 0.3) is 0 Å². The first-order valence-corrected chi connectivity index (χ1v) is 3.74. The third-order valence-electron chi connectivity index (χ3n) is 1.82. The Morgan fingerprint density at radius 2 is 2.07 bits per heavy atom. The van der Waals surface area contributed by atoms with E-state index in [1.807, 2.05) is 0 Å². The molecule has 0 aromatic carbocycles. The summed E-state index contributed by atoms with van der Waals surface area (Å²) in [6, 6.07) is 0. The van der Waals surface area contributed by atoms with E-state index >= 15 is 0 Å². The van der Waals surface area contributed by atoms with E-state index in [1.165, 1.54) is 0 Å². The molecule has 4 nitrogen and oxygen atoms in total. The molecule has 15 heavy (non-hydrogen) atoms. The molecule has 7 heteroatoms. The van der Waals surface area contributed by atoms with E-state index in [0.717, 1.165) is 13.2 Å². The van der Waals surface area contributed by atoms with Gasteiger partial charge in [0.2, 0.25) is 0 Å². The molecule has 1 N–H and O–H groups in total. The number of carbonyl (C=O) groups excluding carboxylic acids is 1. The Labute approximate surface area is 81.9 Å². The predicted molar refractivity (Wildman–Crippen MR) is 42.8 cm³/mol. The summed E-state index contributed by atoms with van der Waals surface area (Å²) in [5.41, 5.74) is -2.84. The fourth-order valence-electron chi connectivity index (χ4n) is 1.31. The van der Waals surface area contributed by atoms with Crippen LogP contribution in [0.4, 0.5) is 13.2 Å². The van der Waals surface area contributed by atoms with Gasteiger partial charge >= 0.3 is 12.1 Å². The van der Waals surface area contributed by atoms with Gasteiger partial charge in [-0.15, -0.1) is 0 Å². The molecule has 0 spiro atoms. The van der Waals surface area contributed by atoms with Gasteiger partial charge in [-0.1, -0.05) is 0 Å². The maximum Gasteiger partial charge on any atom is 0.432 e. The first kappa shape index (κ1) is 11.3. The maximum absolute atomic E-state index is 12.4. The van der Waals surface area contributed by atoms with Crippen LogP contribution in [0.15, 0.2) is 6.20 Å². The zero-order chi connectivity index (χ0) is 11.8. The number of rotatable bonds is 2. The van der Waals surface area contributed by atoms with Crippen molar-refractivity contribution in [2.45, 2.75) is 6.18 Å². The van der Waals surface area contributed by atoms with Crippen molar-refractivity contribution in [1.29, 1.82) is 0 Å². The molecule has 0 aliphatic heterocycles. The van der Waals surface area contributed by atoms with Crippen LogP contribution in [-0.2, 0) is 13.2 Å². The summed E-state index contributed by atoms with van der Waals surface area (Å²) in [5, 5.41) is 8.58. The zero-order valence-electron chi connectivity index (χ0n) is 7.50. The minimum Gasteiger partial charge on any atom is -0.478 e. The Hall–Kier alpha value is -1.79. The standard InChI is InChI=1S/C8H6F3NO3/c1-12-2-4(3-13)5(7(14)15)6(12)8(9,10)11/h2-3H,1H3,(H,14,15). The highest BCUT2D eigenvalue weighted by Crippen LogP contribution is 2.33. The van der Waals surface area contributed by atoms with Crippen molar-refractivity contribution in [3.63, 3.8) is 0 Å². The van der Waals surface area contributed by atoms with Gasteiger partial charge in [-0.3, -0.25) is 4.79 Å². The molecular formula is C8H6F3NO3. The van der Waals surface area contributed by atoms with E-state index in [9.17, 15) is 22.8 Å². The number of aromatic carboxylic acids is 1. The average molecular weight is 221 g/mol. The molecule has 0 atom stereocenters. The van der Waals surface area contributed by atoms with Gasteiger partial charge in [0.1, 0.15) is 11.3 Å². The number of alkyl halides is 3. The Balaban J connectivity index is 3.56. The Morgan fingerprint density at radius 1 is 1.53 bits per heavy atom. The number of aldehydes is 1. The van der Waals surface area contributed by atoms with Gasteiger partial charge < -0.3 is 9.67 Å². The normalized spacial score (nSPS) is 11.5. The number of halogens is 3. The van der Waals surface area contributed by atoms with Gasteiger partial charge in [0, 0.05) is 18.8 Å². The van der Waals surface area contributed by atoms with Crippen LogP contribution < -0.4 is 0 Å². The number of aromatic nitrogens is 1. The summed E-state index contributed by atoms with van der Waals surface area (Å²) in [6.07, 6.45) is -3.89. The van der Waals surface area contributed by atoms with Crippen molar-refractivity contribution < 1.29 is 27.9 Å². The van der Waals surface area contributed by atoms with E-state index in [1.54, 1.807) is 0 Å². The number of carboxylic acid groups (broad SMARTS) is 1. The summed E-state index contributed by atoms with van der Waals surface area (Å²) in [7, 11) is 1.03. The summed E-state index contributed by atoms with van der Waals surface area (Å²) >= 11 is 0. The van der Waals surface area contributed by atoms with Gasteiger partial charge in [-0.25, -0.2) is 4.79 Å². The van der Waals surface area contributed by atoms with E-state index < -0.39 is 29.0 Å². The molecule has 0 aliphatic carbocycles. The first-order valence-electron chi connectivity index (χ1n) is 3.74. The quantitative estimate of drug-likeness (QED) is 0.771. The molecule has 0 unspecified atom stereocenters. The fourth-order valence-corrected chi connectivity index (χ4v) is 1.31. The topological polar surface area (TPSA) is 59.3 Å². The lowest BCUT2D eigenvalue weighted by atomic mass is 10.1. The molecule has 0 saturated carbocycles. The van der Waals surface area contributed by atoms with E-state index in [2.05, 4.69) is 0 Å². The third-order valence-corrected chi connectivity index (χ3v) is 1.82. The molecule has 0 bridgehead atoms. The van der Waals surface area contributed by atoms with E-state index in [0.29, 0.717) is 4.57 Å². The molecule has 1 heterocycles. The molecule has 0 radical (unpaired) electrons. The molecule has 1 rings (SSSR count). The van der Waals surface area contributed by atoms with Gasteiger partial charge in [0.05, 0.1) is 0 Å². The number of carboxylic acids is 1. The summed E-state index contributed by atoms with van der Waals surface area (Å²) in [6.45, 7) is 0. The molecule has 82 valence electrons. The molecule has 1 aromatic heterocycles. The van der Waals surface area contributed by atoms with Crippen molar-refractivity contribution >= 4 is 12.3 Å². The second kappa shape index (κ2) is 3.41. The Kier molecular flexibility index (Phi) is 2.57. The number of nitrogens with zero attached hydrogens (tertiary/aromatic N) is 1. The van der Waals surface area contributed by atoms with Crippen LogP contribution >= 0.6 is 0 Å². The molecule has 0 fully saturated rings. The second-order valence-electron chi connectivity index (χ2n) is 2.84. The Bertz CT molecular complexity index is 420. The lowest BCUT2D eigenvalue weighted by Gasteiger charge is -2.08. The minimum atomic E-state index is -4.80. The lowest BCUT2D eigenvalue weighted by Crippen LogP contribution is -2.16. The predicted octanol–water partition coefficient (Wildman–Crippen LogP) is 1.55. The number of carbonyl (C=O) groups is 2. The zero-order valence-corrected chi connectivity index (χ0v) is 7.50. The van der Waals surface area contributed by atoms with Gasteiger partial charge in [0.25, 0.3) is 0 Å². The van der Waals surface area contributed by atoms with Crippen molar-refractivity contribution in [1.82, 2.24) is 4.57 Å². The average Bonchev–Trinajstić information content (AvgIpc) is 2.41. The van der Waals surface area contributed by atoms with Crippen molar-refractivity contribution in [2.75, 3.05) is 0 Å². The third kappa shape index (κ3) is 1.85. The molecule has 0 aliphatic rings. The van der Waals surface area contributed by atoms with Crippen LogP contribution in [0.3, 0.4) is 0 Å². The monoisotopic (exact) mass is 221 g/mol. The smallest absolute Gasteiger partial charge is 0.432 e. The fraction of sp³-hybridized carbons (Fsp3) is 0.250. The summed E-state index contributed by atoms with van der Waals surface area (Å²) in [4.78, 5) is 21.0. The van der Waals surface area contributed by atoms with Gasteiger partial charge in [-0.05, 0) is 0 Å². The van der Waals surface area contributed by atoms with Gasteiger partial charge in [0.15, 0.2) is 6.29 Å². The van der Waals surface area contributed by atoms with Crippen LogP contribution in [0, 0.1) is 0 Å². The van der Waals surface area contributed by atoms with Gasteiger partial charge in [-0.2, -0.15) is 13.2 Å². The van der Waals surface area contributed by atoms with E-state index in [4.69, 9.17) is 5.11 Å². The van der Waals surface area contributed by atoms with Crippen molar-refractivity contribution in [3.05, 3.63) is 23.0 Å². The second-order valence-corrected chi connectivity index (χ2v) is 2.84. The first-order chi connectivity index (χ1) is 6.79. The Morgan fingerprint density at radius 3 is 2.40 bits per heavy atom. The highest BCUT2D eigenvalue weighted by Gasteiger charge is 2.40. The van der Waals surface area contributed by atoms with E-state index in [-0.39, 0.29) is 6.29 Å². The molecular weight excluding hydrogens is 215 g/mol. The maximum atomic E-state index is 12.4. The number of hydrogen-bond acceptors (Lipinski definition) is 2. The molecule has 1 aromatic rings. The molecule has 0 amide bonds. The van der Waals surface area contributed by atoms with Crippen LogP contribution in [0.5, 0.6) is 0 Å². The number of aryl methyl sites for hydroxylation is 1. The number of hydrogen-bond donors (Lipinski definition) is 1. The largest absolute Gasteiger partial charge is 0.478 e. The minimum absolute atomic E-state index is 0.0820. The van der Waals surface area contributed by atoms with Crippen molar-refractivity contribution in [3.8, 4) is 0 Å². The van der Waals surface area contributed by atoms with Crippen LogP contribution in [0.1, 0.15) is 26.4 Å². The SMILES string of the molecule is Cn1cc(C=O)c(C(=O)O)c1C(F)(F)F. The van der Waals surface area contributed by atoms with Crippen LogP contribution in [0.2, 0.25) is 0 Å². The highest BCUT2D eigenvalue weighted by molar-refractivity contribution is 5.98. The highest BCUT2D eigenvalue weighted by atomic mass is 19.4. The summed E-state index contributed by atoms with van der Waals surface area (Å²) in [5.74, 6) is -1.77.